The number of carbonyl (C=O) groups is 1. The normalized spacial score (nSPS) is 10.7. The first-order valence-corrected chi connectivity index (χ1v) is 9.32. The van der Waals surface area contributed by atoms with E-state index in [2.05, 4.69) is 15.1 Å². The number of carbonyl (C=O) groups excluding carboxylic acids is 1. The molecule has 0 aliphatic heterocycles. The Hall–Kier alpha value is -3.51. The fourth-order valence-corrected chi connectivity index (χ4v) is 3.24. The molecule has 0 spiro atoms. The van der Waals surface area contributed by atoms with Crippen LogP contribution in [-0.4, -0.2) is 21.0 Å². The largest absolute Gasteiger partial charge is 0.336 e. The second kappa shape index (κ2) is 7.85. The molecule has 0 unspecified atom stereocenters. The average molecular weight is 405 g/mol. The fraction of sp³-hybridized carbons (Fsp3) is 0.0909. The van der Waals surface area contributed by atoms with Gasteiger partial charge in [-0.2, -0.15) is 0 Å². The lowest BCUT2D eigenvalue weighted by atomic mass is 10.0. The minimum absolute atomic E-state index is 0.204. The smallest absolute Gasteiger partial charge is 0.248 e. The van der Waals surface area contributed by atoms with Gasteiger partial charge < -0.3 is 4.52 Å². The van der Waals surface area contributed by atoms with Gasteiger partial charge in [0.2, 0.25) is 11.8 Å². The molecule has 0 atom stereocenters. The van der Waals surface area contributed by atoms with Crippen LogP contribution in [0.5, 0.6) is 0 Å². The average Bonchev–Trinajstić information content (AvgIpc) is 3.13. The molecule has 0 N–H and O–H groups in total. The molecule has 0 saturated heterocycles. The maximum Gasteiger partial charge on any atom is 0.248 e. The number of hydrogen-bond donors (Lipinski definition) is 0. The number of amides is 1. The first kappa shape index (κ1) is 18.8. The summed E-state index contributed by atoms with van der Waals surface area (Å²) in [4.78, 5) is 22.5. The summed E-state index contributed by atoms with van der Waals surface area (Å²) in [5.41, 5.74) is 4.27. The molecule has 0 aliphatic rings. The third-order valence-corrected chi connectivity index (χ3v) is 4.66. The second-order valence-corrected chi connectivity index (χ2v) is 6.94. The van der Waals surface area contributed by atoms with Gasteiger partial charge in [-0.05, 0) is 42.8 Å². The van der Waals surface area contributed by atoms with E-state index in [1.807, 2.05) is 43.3 Å². The number of nitrogens with zero attached hydrogens (tertiary/aromatic N) is 4. The van der Waals surface area contributed by atoms with Crippen LogP contribution in [0.25, 0.3) is 22.5 Å². The molecule has 2 aromatic heterocycles. The molecule has 144 valence electrons. The SMILES string of the molecule is CC(=O)N(c1cccc(C)c1)c1onc(-c2ccc(Cl)cc2)c1-c1ccncn1. The maximum absolute atomic E-state index is 12.6. The Balaban J connectivity index is 1.95. The number of aromatic nitrogens is 3. The summed E-state index contributed by atoms with van der Waals surface area (Å²) < 4.78 is 5.71. The van der Waals surface area contributed by atoms with Crippen molar-refractivity contribution in [3.8, 4) is 22.5 Å². The van der Waals surface area contributed by atoms with Crippen LogP contribution in [0.3, 0.4) is 0 Å². The zero-order valence-corrected chi connectivity index (χ0v) is 16.6. The Bertz CT molecular complexity index is 1160. The van der Waals surface area contributed by atoms with Gasteiger partial charge in [-0.1, -0.05) is 41.0 Å². The summed E-state index contributed by atoms with van der Waals surface area (Å²) in [5, 5.41) is 4.89. The highest BCUT2D eigenvalue weighted by Crippen LogP contribution is 2.41. The van der Waals surface area contributed by atoms with Crippen LogP contribution < -0.4 is 4.90 Å². The first-order chi connectivity index (χ1) is 14.0. The van der Waals surface area contributed by atoms with Crippen LogP contribution in [0.1, 0.15) is 12.5 Å². The molecule has 7 heteroatoms. The van der Waals surface area contributed by atoms with Crippen LogP contribution in [0.4, 0.5) is 11.6 Å². The Labute approximate surface area is 172 Å². The van der Waals surface area contributed by atoms with E-state index in [0.29, 0.717) is 33.5 Å². The van der Waals surface area contributed by atoms with E-state index in [1.54, 1.807) is 24.4 Å². The predicted molar refractivity (Wildman–Crippen MR) is 112 cm³/mol. The van der Waals surface area contributed by atoms with E-state index in [9.17, 15) is 4.79 Å². The zero-order valence-electron chi connectivity index (χ0n) is 15.8. The zero-order chi connectivity index (χ0) is 20.4. The molecular formula is C22H17ClN4O2. The highest BCUT2D eigenvalue weighted by atomic mass is 35.5. The molecule has 2 heterocycles. The summed E-state index contributed by atoms with van der Waals surface area (Å²) in [6.07, 6.45) is 3.08. The number of hydrogen-bond acceptors (Lipinski definition) is 5. The maximum atomic E-state index is 12.6. The van der Waals surface area contributed by atoms with Crippen LogP contribution >= 0.6 is 11.6 Å². The molecule has 2 aromatic carbocycles. The van der Waals surface area contributed by atoms with Crippen LogP contribution in [-0.2, 0) is 4.79 Å². The Kier molecular flexibility index (Phi) is 5.10. The summed E-state index contributed by atoms with van der Waals surface area (Å²) in [6.45, 7) is 3.45. The van der Waals surface area contributed by atoms with Gasteiger partial charge in [0.05, 0.1) is 16.9 Å². The number of anilines is 2. The van der Waals surface area contributed by atoms with Crippen molar-refractivity contribution in [2.45, 2.75) is 13.8 Å². The van der Waals surface area contributed by atoms with Gasteiger partial charge in [0, 0.05) is 23.7 Å². The molecular weight excluding hydrogens is 388 g/mol. The lowest BCUT2D eigenvalue weighted by molar-refractivity contribution is -0.116. The van der Waals surface area contributed by atoms with Crippen molar-refractivity contribution in [1.82, 2.24) is 15.1 Å². The standard InChI is InChI=1S/C22H17ClN4O2/c1-14-4-3-5-18(12-14)27(15(2)28)22-20(19-10-11-24-13-25-19)21(26-29-22)16-6-8-17(23)9-7-16/h3-13H,1-2H3. The van der Waals surface area contributed by atoms with Crippen molar-refractivity contribution in [3.05, 3.63) is 77.7 Å². The van der Waals surface area contributed by atoms with E-state index in [-0.39, 0.29) is 5.91 Å². The van der Waals surface area contributed by atoms with E-state index >= 15 is 0 Å². The molecule has 0 fully saturated rings. The van der Waals surface area contributed by atoms with Crippen molar-refractivity contribution in [2.24, 2.45) is 0 Å². The predicted octanol–water partition coefficient (Wildman–Crippen LogP) is 5.45. The van der Waals surface area contributed by atoms with Crippen molar-refractivity contribution in [2.75, 3.05) is 4.90 Å². The van der Waals surface area contributed by atoms with E-state index in [4.69, 9.17) is 16.1 Å². The first-order valence-electron chi connectivity index (χ1n) is 8.94. The van der Waals surface area contributed by atoms with Gasteiger partial charge in [-0.25, -0.2) is 14.9 Å². The minimum Gasteiger partial charge on any atom is -0.336 e. The molecule has 0 bridgehead atoms. The van der Waals surface area contributed by atoms with Crippen molar-refractivity contribution in [1.29, 1.82) is 0 Å². The van der Waals surface area contributed by atoms with Crippen molar-refractivity contribution < 1.29 is 9.32 Å². The molecule has 0 aliphatic carbocycles. The van der Waals surface area contributed by atoms with Gasteiger partial charge in [0.1, 0.15) is 12.0 Å². The lowest BCUT2D eigenvalue weighted by Crippen LogP contribution is -2.23. The topological polar surface area (TPSA) is 72.1 Å². The minimum atomic E-state index is -0.204. The third-order valence-electron chi connectivity index (χ3n) is 4.41. The van der Waals surface area contributed by atoms with E-state index in [0.717, 1.165) is 11.1 Å². The van der Waals surface area contributed by atoms with Gasteiger partial charge in [0.25, 0.3) is 0 Å². The van der Waals surface area contributed by atoms with Crippen LogP contribution in [0.15, 0.2) is 71.6 Å². The summed E-state index contributed by atoms with van der Waals surface area (Å²) >= 11 is 6.03. The molecule has 6 nitrogen and oxygen atoms in total. The Morgan fingerprint density at radius 2 is 1.90 bits per heavy atom. The van der Waals surface area contributed by atoms with Crippen molar-refractivity contribution in [3.63, 3.8) is 0 Å². The van der Waals surface area contributed by atoms with Gasteiger partial charge in [-0.3, -0.25) is 4.79 Å². The Morgan fingerprint density at radius 1 is 1.10 bits per heavy atom. The number of benzene rings is 2. The monoisotopic (exact) mass is 404 g/mol. The van der Waals surface area contributed by atoms with Crippen molar-refractivity contribution >= 4 is 29.1 Å². The quantitative estimate of drug-likeness (QED) is 0.452. The summed E-state index contributed by atoms with van der Waals surface area (Å²) in [7, 11) is 0. The van der Waals surface area contributed by atoms with Gasteiger partial charge >= 0.3 is 0 Å². The van der Waals surface area contributed by atoms with Crippen LogP contribution in [0, 0.1) is 6.92 Å². The lowest BCUT2D eigenvalue weighted by Gasteiger charge is -2.19. The van der Waals surface area contributed by atoms with Gasteiger partial charge in [0.15, 0.2) is 0 Å². The molecule has 4 rings (SSSR count). The molecule has 0 radical (unpaired) electrons. The third kappa shape index (κ3) is 3.75. The van der Waals surface area contributed by atoms with Crippen LogP contribution in [0.2, 0.25) is 5.02 Å². The molecule has 0 saturated carbocycles. The van der Waals surface area contributed by atoms with Gasteiger partial charge in [-0.15, -0.1) is 0 Å². The highest BCUT2D eigenvalue weighted by molar-refractivity contribution is 6.30. The van der Waals surface area contributed by atoms with E-state index in [1.165, 1.54) is 18.2 Å². The molecule has 1 amide bonds. The summed E-state index contributed by atoms with van der Waals surface area (Å²) in [6, 6.07) is 16.6. The highest BCUT2D eigenvalue weighted by Gasteiger charge is 2.28. The number of aryl methyl sites for hydroxylation is 1. The fourth-order valence-electron chi connectivity index (χ4n) is 3.12. The molecule has 29 heavy (non-hydrogen) atoms. The molecule has 4 aromatic rings. The Morgan fingerprint density at radius 3 is 2.55 bits per heavy atom. The number of halogens is 1. The summed E-state index contributed by atoms with van der Waals surface area (Å²) in [5.74, 6) is 0.0939. The van der Waals surface area contributed by atoms with E-state index < -0.39 is 0 Å². The second-order valence-electron chi connectivity index (χ2n) is 6.51. The number of rotatable bonds is 4.